The van der Waals surface area contributed by atoms with Crippen molar-refractivity contribution in [2.24, 2.45) is 11.8 Å². The van der Waals surface area contributed by atoms with Crippen molar-refractivity contribution in [3.05, 3.63) is 0 Å². The lowest BCUT2D eigenvalue weighted by molar-refractivity contribution is -0.143. The Hall–Kier alpha value is -1.26. The highest BCUT2D eigenvalue weighted by Crippen LogP contribution is 2.50. The van der Waals surface area contributed by atoms with Gasteiger partial charge in [-0.2, -0.15) is 0 Å². The number of hydrogen-bond donors (Lipinski definition) is 1. The van der Waals surface area contributed by atoms with Gasteiger partial charge in [0.2, 0.25) is 0 Å². The molecule has 0 aromatic carbocycles. The summed E-state index contributed by atoms with van der Waals surface area (Å²) in [7, 11) is 0. The molecule has 0 spiro atoms. The number of esters is 1. The van der Waals surface area contributed by atoms with Crippen molar-refractivity contribution in [2.45, 2.75) is 32.2 Å². The number of ether oxygens (including phenoxy) is 1. The van der Waals surface area contributed by atoms with E-state index in [0.29, 0.717) is 37.8 Å². The van der Waals surface area contributed by atoms with E-state index < -0.39 is 6.09 Å². The molecule has 1 heterocycles. The maximum Gasteiger partial charge on any atom is 0.407 e. The summed E-state index contributed by atoms with van der Waals surface area (Å²) in [5.41, 5.74) is 0. The second kappa shape index (κ2) is 4.31. The largest absolute Gasteiger partial charge is 0.466 e. The van der Waals surface area contributed by atoms with E-state index in [4.69, 9.17) is 9.84 Å². The van der Waals surface area contributed by atoms with Crippen LogP contribution in [0.2, 0.25) is 0 Å². The summed E-state index contributed by atoms with van der Waals surface area (Å²) in [6, 6.07) is 0.0342. The fourth-order valence-corrected chi connectivity index (χ4v) is 2.66. The van der Waals surface area contributed by atoms with Crippen LogP contribution in [0.5, 0.6) is 0 Å². The van der Waals surface area contributed by atoms with E-state index in [1.807, 2.05) is 0 Å². The van der Waals surface area contributed by atoms with Crippen molar-refractivity contribution >= 4 is 12.1 Å². The molecule has 1 amide bonds. The molecule has 1 N–H and O–H groups in total. The van der Waals surface area contributed by atoms with E-state index in [2.05, 4.69) is 0 Å². The average Bonchev–Trinajstić information content (AvgIpc) is 2.89. The lowest BCUT2D eigenvalue weighted by Crippen LogP contribution is -2.37. The van der Waals surface area contributed by atoms with Crippen LogP contribution in [0.1, 0.15) is 26.2 Å². The monoisotopic (exact) mass is 227 g/mol. The third-order valence-corrected chi connectivity index (χ3v) is 3.50. The number of rotatable bonds is 4. The molecule has 90 valence electrons. The van der Waals surface area contributed by atoms with Crippen LogP contribution >= 0.6 is 0 Å². The second-order valence-electron chi connectivity index (χ2n) is 4.51. The highest BCUT2D eigenvalue weighted by atomic mass is 16.5. The normalized spacial score (nSPS) is 31.1. The first-order valence-electron chi connectivity index (χ1n) is 5.78. The lowest BCUT2D eigenvalue weighted by Gasteiger charge is -2.24. The van der Waals surface area contributed by atoms with Crippen LogP contribution in [-0.4, -0.2) is 41.3 Å². The van der Waals surface area contributed by atoms with Gasteiger partial charge in [-0.05, 0) is 31.6 Å². The topological polar surface area (TPSA) is 66.8 Å². The number of amides is 1. The minimum Gasteiger partial charge on any atom is -0.466 e. The second-order valence-corrected chi connectivity index (χ2v) is 4.51. The van der Waals surface area contributed by atoms with Crippen LogP contribution < -0.4 is 0 Å². The first-order chi connectivity index (χ1) is 7.63. The third-order valence-electron chi connectivity index (χ3n) is 3.50. The standard InChI is InChI=1S/C11H17NO4/c1-2-16-10(13)4-3-9-8-5-7(8)6-12(9)11(14)15/h7-9H,2-6H2,1H3,(H,14,15)/t7-,8-,9-/m1/s1. The summed E-state index contributed by atoms with van der Waals surface area (Å²) in [6.07, 6.45) is 1.19. The number of likely N-dealkylation sites (tertiary alicyclic amines) is 1. The van der Waals surface area contributed by atoms with Gasteiger partial charge in [-0.1, -0.05) is 0 Å². The van der Waals surface area contributed by atoms with Gasteiger partial charge in [-0.25, -0.2) is 4.79 Å². The SMILES string of the molecule is CCOC(=O)CC[C@@H]1[C@@H]2C[C@@H]2CN1C(=O)O. The summed E-state index contributed by atoms with van der Waals surface area (Å²) in [5.74, 6) is 0.811. The summed E-state index contributed by atoms with van der Waals surface area (Å²) >= 11 is 0. The van der Waals surface area contributed by atoms with Crippen molar-refractivity contribution < 1.29 is 19.4 Å². The van der Waals surface area contributed by atoms with Gasteiger partial charge < -0.3 is 14.7 Å². The molecule has 3 atom stereocenters. The molecular weight excluding hydrogens is 210 g/mol. The quantitative estimate of drug-likeness (QED) is 0.736. The molecule has 2 aliphatic rings. The predicted octanol–water partition coefficient (Wildman–Crippen LogP) is 1.33. The Bertz CT molecular complexity index is 304. The van der Waals surface area contributed by atoms with E-state index in [1.165, 1.54) is 4.90 Å². The summed E-state index contributed by atoms with van der Waals surface area (Å²) in [6.45, 7) is 2.81. The molecule has 5 nitrogen and oxygen atoms in total. The van der Waals surface area contributed by atoms with Crippen molar-refractivity contribution in [3.63, 3.8) is 0 Å². The van der Waals surface area contributed by atoms with Gasteiger partial charge in [-0.3, -0.25) is 4.79 Å². The van der Waals surface area contributed by atoms with Crippen molar-refractivity contribution in [2.75, 3.05) is 13.2 Å². The van der Waals surface area contributed by atoms with Crippen molar-refractivity contribution in [1.82, 2.24) is 4.90 Å². The number of hydrogen-bond acceptors (Lipinski definition) is 3. The molecule has 0 unspecified atom stereocenters. The first-order valence-corrected chi connectivity index (χ1v) is 5.78. The number of piperidine rings is 1. The molecule has 0 radical (unpaired) electrons. The Balaban J connectivity index is 1.83. The number of carboxylic acid groups (broad SMARTS) is 1. The highest BCUT2D eigenvalue weighted by Gasteiger charge is 2.53. The van der Waals surface area contributed by atoms with E-state index in [1.54, 1.807) is 6.92 Å². The molecule has 1 aliphatic heterocycles. The zero-order valence-electron chi connectivity index (χ0n) is 9.39. The first kappa shape index (κ1) is 11.2. The van der Waals surface area contributed by atoms with E-state index in [-0.39, 0.29) is 12.0 Å². The minimum absolute atomic E-state index is 0.0342. The van der Waals surface area contributed by atoms with Gasteiger partial charge in [0.15, 0.2) is 0 Å². The number of nitrogens with zero attached hydrogens (tertiary/aromatic N) is 1. The maximum atomic E-state index is 11.2. The number of carbonyl (C=O) groups is 2. The van der Waals surface area contributed by atoms with Gasteiger partial charge in [-0.15, -0.1) is 0 Å². The van der Waals surface area contributed by atoms with Crippen LogP contribution in [0.4, 0.5) is 4.79 Å². The fourth-order valence-electron chi connectivity index (χ4n) is 2.66. The van der Waals surface area contributed by atoms with Crippen LogP contribution in [-0.2, 0) is 9.53 Å². The molecule has 2 fully saturated rings. The Labute approximate surface area is 94.4 Å². The molecule has 1 saturated heterocycles. The Morgan fingerprint density at radius 2 is 2.25 bits per heavy atom. The number of carbonyl (C=O) groups excluding carboxylic acids is 1. The molecule has 16 heavy (non-hydrogen) atoms. The van der Waals surface area contributed by atoms with Gasteiger partial charge >= 0.3 is 12.1 Å². The zero-order valence-corrected chi connectivity index (χ0v) is 9.39. The van der Waals surface area contributed by atoms with Crippen LogP contribution in [0.15, 0.2) is 0 Å². The van der Waals surface area contributed by atoms with E-state index in [9.17, 15) is 9.59 Å². The molecule has 1 saturated carbocycles. The predicted molar refractivity (Wildman–Crippen MR) is 56.0 cm³/mol. The molecule has 0 aromatic rings. The number of fused-ring (bicyclic) bond motifs is 1. The highest BCUT2D eigenvalue weighted by molar-refractivity contribution is 5.70. The molecule has 1 aliphatic carbocycles. The Morgan fingerprint density at radius 1 is 1.50 bits per heavy atom. The summed E-state index contributed by atoms with van der Waals surface area (Å²) in [4.78, 5) is 23.7. The maximum absolute atomic E-state index is 11.2. The van der Waals surface area contributed by atoms with Crippen LogP contribution in [0.3, 0.4) is 0 Å². The lowest BCUT2D eigenvalue weighted by atomic mass is 10.1. The molecule has 2 rings (SSSR count). The van der Waals surface area contributed by atoms with Crippen LogP contribution in [0, 0.1) is 11.8 Å². The summed E-state index contributed by atoms with van der Waals surface area (Å²) in [5, 5.41) is 9.00. The average molecular weight is 227 g/mol. The van der Waals surface area contributed by atoms with Crippen molar-refractivity contribution in [1.29, 1.82) is 0 Å². The smallest absolute Gasteiger partial charge is 0.407 e. The Kier molecular flexibility index (Phi) is 3.03. The summed E-state index contributed by atoms with van der Waals surface area (Å²) < 4.78 is 4.84. The van der Waals surface area contributed by atoms with E-state index in [0.717, 1.165) is 6.42 Å². The zero-order chi connectivity index (χ0) is 11.7. The molecular formula is C11H17NO4. The minimum atomic E-state index is -0.860. The van der Waals surface area contributed by atoms with Gasteiger partial charge in [0, 0.05) is 19.0 Å². The van der Waals surface area contributed by atoms with Gasteiger partial charge in [0.25, 0.3) is 0 Å². The molecule has 5 heteroatoms. The van der Waals surface area contributed by atoms with Gasteiger partial charge in [0.1, 0.15) is 0 Å². The molecule has 0 aromatic heterocycles. The van der Waals surface area contributed by atoms with Gasteiger partial charge in [0.05, 0.1) is 6.61 Å². The van der Waals surface area contributed by atoms with Crippen LogP contribution in [0.25, 0.3) is 0 Å². The Morgan fingerprint density at radius 3 is 2.88 bits per heavy atom. The molecule has 0 bridgehead atoms. The fraction of sp³-hybridized carbons (Fsp3) is 0.818. The third kappa shape index (κ3) is 2.13. The van der Waals surface area contributed by atoms with E-state index >= 15 is 0 Å². The van der Waals surface area contributed by atoms with Crippen molar-refractivity contribution in [3.8, 4) is 0 Å².